The Balaban J connectivity index is 1.35. The molecule has 8 nitrogen and oxygen atoms in total. The van der Waals surface area contributed by atoms with Crippen LogP contribution in [0, 0.1) is 5.92 Å². The zero-order valence-corrected chi connectivity index (χ0v) is 14.5. The van der Waals surface area contributed by atoms with Crippen molar-refractivity contribution in [3.05, 3.63) is 24.5 Å². The number of amides is 1. The molecular formula is C17H25N7O. The quantitative estimate of drug-likeness (QED) is 0.793. The Bertz CT molecular complexity index is 692. The summed E-state index contributed by atoms with van der Waals surface area (Å²) in [7, 11) is 0. The van der Waals surface area contributed by atoms with E-state index in [0.29, 0.717) is 18.9 Å². The van der Waals surface area contributed by atoms with Gasteiger partial charge in [0.2, 0.25) is 5.91 Å². The van der Waals surface area contributed by atoms with Crippen LogP contribution in [0.15, 0.2) is 18.7 Å². The van der Waals surface area contributed by atoms with E-state index >= 15 is 0 Å². The Labute approximate surface area is 147 Å². The first-order valence-corrected chi connectivity index (χ1v) is 9.29. The standard InChI is InChI=1S/C17H25N7O/c25-16(6-9-24-13-19-20-21-24)22-8-2-5-15(12-22)17-18-7-10-23(17)11-14-3-1-4-14/h7,10,13-15H,1-6,8-9,11-12H2. The number of hydrogen-bond acceptors (Lipinski definition) is 5. The Morgan fingerprint density at radius 2 is 2.16 bits per heavy atom. The van der Waals surface area contributed by atoms with Gasteiger partial charge < -0.3 is 9.47 Å². The van der Waals surface area contributed by atoms with Gasteiger partial charge in [-0.1, -0.05) is 6.42 Å². The van der Waals surface area contributed by atoms with Crippen molar-refractivity contribution in [2.75, 3.05) is 13.1 Å². The van der Waals surface area contributed by atoms with Gasteiger partial charge in [0, 0.05) is 44.4 Å². The molecule has 1 unspecified atom stereocenters. The molecule has 0 radical (unpaired) electrons. The molecule has 2 fully saturated rings. The summed E-state index contributed by atoms with van der Waals surface area (Å²) in [4.78, 5) is 19.2. The number of aromatic nitrogens is 6. The molecule has 25 heavy (non-hydrogen) atoms. The highest BCUT2D eigenvalue weighted by molar-refractivity contribution is 5.76. The van der Waals surface area contributed by atoms with Crippen LogP contribution in [0.3, 0.4) is 0 Å². The number of carbonyl (C=O) groups excluding carboxylic acids is 1. The second-order valence-corrected chi connectivity index (χ2v) is 7.24. The molecular weight excluding hydrogens is 318 g/mol. The molecule has 0 spiro atoms. The number of likely N-dealkylation sites (tertiary alicyclic amines) is 1. The maximum atomic E-state index is 12.5. The molecule has 134 valence electrons. The van der Waals surface area contributed by atoms with Gasteiger partial charge in [-0.15, -0.1) is 5.10 Å². The average molecular weight is 343 g/mol. The van der Waals surface area contributed by atoms with E-state index in [1.54, 1.807) is 11.0 Å². The molecule has 0 N–H and O–H groups in total. The van der Waals surface area contributed by atoms with Gasteiger partial charge in [-0.25, -0.2) is 9.67 Å². The van der Waals surface area contributed by atoms with Gasteiger partial charge in [0.1, 0.15) is 12.2 Å². The minimum Gasteiger partial charge on any atom is -0.342 e. The van der Waals surface area contributed by atoms with Gasteiger partial charge in [0.05, 0.1) is 6.54 Å². The van der Waals surface area contributed by atoms with Crippen LogP contribution in [0.1, 0.15) is 50.3 Å². The van der Waals surface area contributed by atoms with Crippen molar-refractivity contribution in [1.82, 2.24) is 34.7 Å². The second-order valence-electron chi connectivity index (χ2n) is 7.24. The van der Waals surface area contributed by atoms with Crippen molar-refractivity contribution in [3.63, 3.8) is 0 Å². The molecule has 2 aromatic heterocycles. The molecule has 2 aliphatic rings. The third-order valence-electron chi connectivity index (χ3n) is 5.51. The zero-order valence-electron chi connectivity index (χ0n) is 14.5. The monoisotopic (exact) mass is 343 g/mol. The number of hydrogen-bond donors (Lipinski definition) is 0. The van der Waals surface area contributed by atoms with E-state index in [1.165, 1.54) is 19.3 Å². The molecule has 0 bridgehead atoms. The van der Waals surface area contributed by atoms with Crippen molar-refractivity contribution in [2.45, 2.75) is 57.5 Å². The van der Waals surface area contributed by atoms with Gasteiger partial charge >= 0.3 is 0 Å². The minimum absolute atomic E-state index is 0.178. The van der Waals surface area contributed by atoms with Gasteiger partial charge in [-0.05, 0) is 42.0 Å². The van der Waals surface area contributed by atoms with E-state index in [1.807, 2.05) is 11.1 Å². The van der Waals surface area contributed by atoms with Crippen LogP contribution in [-0.4, -0.2) is 53.7 Å². The number of piperidine rings is 1. The predicted molar refractivity (Wildman–Crippen MR) is 90.6 cm³/mol. The maximum absolute atomic E-state index is 12.5. The van der Waals surface area contributed by atoms with Gasteiger partial charge in [0.25, 0.3) is 0 Å². The van der Waals surface area contributed by atoms with Crippen molar-refractivity contribution in [3.8, 4) is 0 Å². The molecule has 1 aliphatic heterocycles. The molecule has 1 atom stereocenters. The molecule has 4 rings (SSSR count). The lowest BCUT2D eigenvalue weighted by Gasteiger charge is -2.33. The number of imidazole rings is 1. The highest BCUT2D eigenvalue weighted by Gasteiger charge is 2.28. The lowest BCUT2D eigenvalue weighted by atomic mass is 9.85. The summed E-state index contributed by atoms with van der Waals surface area (Å²) in [6, 6.07) is 0. The smallest absolute Gasteiger partial charge is 0.224 e. The van der Waals surface area contributed by atoms with Crippen LogP contribution < -0.4 is 0 Å². The Morgan fingerprint density at radius 1 is 1.24 bits per heavy atom. The molecule has 1 amide bonds. The fraction of sp³-hybridized carbons (Fsp3) is 0.706. The van der Waals surface area contributed by atoms with Gasteiger partial charge in [-0.2, -0.15) is 0 Å². The van der Waals surface area contributed by atoms with E-state index in [9.17, 15) is 4.79 Å². The van der Waals surface area contributed by atoms with E-state index in [2.05, 4.69) is 31.3 Å². The first kappa shape index (κ1) is 16.2. The van der Waals surface area contributed by atoms with Crippen LogP contribution in [0.2, 0.25) is 0 Å². The van der Waals surface area contributed by atoms with E-state index in [0.717, 1.165) is 44.2 Å². The second kappa shape index (κ2) is 7.33. The van der Waals surface area contributed by atoms with Crippen molar-refractivity contribution < 1.29 is 4.79 Å². The third kappa shape index (κ3) is 3.72. The van der Waals surface area contributed by atoms with E-state index in [-0.39, 0.29) is 5.91 Å². The summed E-state index contributed by atoms with van der Waals surface area (Å²) in [6.07, 6.45) is 12.2. The van der Waals surface area contributed by atoms with E-state index < -0.39 is 0 Å². The average Bonchev–Trinajstić information content (AvgIpc) is 3.27. The van der Waals surface area contributed by atoms with Gasteiger partial charge in [-0.3, -0.25) is 4.79 Å². The largest absolute Gasteiger partial charge is 0.342 e. The molecule has 1 aliphatic carbocycles. The molecule has 8 heteroatoms. The molecule has 1 saturated heterocycles. The summed E-state index contributed by atoms with van der Waals surface area (Å²) >= 11 is 0. The maximum Gasteiger partial charge on any atom is 0.224 e. The molecule has 2 aromatic rings. The fourth-order valence-electron chi connectivity index (χ4n) is 3.85. The highest BCUT2D eigenvalue weighted by atomic mass is 16.2. The van der Waals surface area contributed by atoms with Crippen molar-refractivity contribution in [2.24, 2.45) is 5.92 Å². The molecule has 1 saturated carbocycles. The summed E-state index contributed by atoms with van der Waals surface area (Å²) in [5.41, 5.74) is 0. The topological polar surface area (TPSA) is 81.7 Å². The minimum atomic E-state index is 0.178. The van der Waals surface area contributed by atoms with Gasteiger partial charge in [0.15, 0.2) is 0 Å². The number of nitrogens with zero attached hydrogens (tertiary/aromatic N) is 7. The van der Waals surface area contributed by atoms with Crippen LogP contribution in [0.25, 0.3) is 0 Å². The fourth-order valence-corrected chi connectivity index (χ4v) is 3.85. The number of rotatable bonds is 6. The Hall–Kier alpha value is -2.25. The predicted octanol–water partition coefficient (Wildman–Crippen LogP) is 1.47. The summed E-state index contributed by atoms with van der Waals surface area (Å²) in [5, 5.41) is 11.0. The summed E-state index contributed by atoms with van der Waals surface area (Å²) < 4.78 is 3.92. The van der Waals surface area contributed by atoms with Crippen LogP contribution in [0.5, 0.6) is 0 Å². The summed E-state index contributed by atoms with van der Waals surface area (Å²) in [6.45, 7) is 3.23. The number of carbonyl (C=O) groups is 1. The SMILES string of the molecule is O=C(CCn1cnnn1)N1CCCC(c2nccn2CC2CCC2)C1. The van der Waals surface area contributed by atoms with Crippen LogP contribution >= 0.6 is 0 Å². The summed E-state index contributed by atoms with van der Waals surface area (Å²) in [5.74, 6) is 2.49. The van der Waals surface area contributed by atoms with Crippen LogP contribution in [0.4, 0.5) is 0 Å². The first-order chi connectivity index (χ1) is 12.3. The normalized spacial score (nSPS) is 21.3. The third-order valence-corrected chi connectivity index (χ3v) is 5.51. The molecule has 3 heterocycles. The van der Waals surface area contributed by atoms with Crippen molar-refractivity contribution >= 4 is 5.91 Å². The first-order valence-electron chi connectivity index (χ1n) is 9.29. The lowest BCUT2D eigenvalue weighted by molar-refractivity contribution is -0.132. The highest BCUT2D eigenvalue weighted by Crippen LogP contribution is 2.31. The number of tetrazole rings is 1. The lowest BCUT2D eigenvalue weighted by Crippen LogP contribution is -2.40. The van der Waals surface area contributed by atoms with Crippen LogP contribution in [-0.2, 0) is 17.9 Å². The Kier molecular flexibility index (Phi) is 4.76. The Morgan fingerprint density at radius 3 is 2.92 bits per heavy atom. The van der Waals surface area contributed by atoms with Crippen molar-refractivity contribution in [1.29, 1.82) is 0 Å². The van der Waals surface area contributed by atoms with E-state index in [4.69, 9.17) is 0 Å². The molecule has 0 aromatic carbocycles. The zero-order chi connectivity index (χ0) is 17.1. The number of aryl methyl sites for hydroxylation is 1.